The standard InChI is InChI=1S/C22H23FN4O2/c1-14-8-7-10-19(15(14)2)25-21(28)13-26(4)22(29)17-12-24-27(16(17)3)20-11-6-5-9-18(20)23/h5-12H,13H2,1-4H3,(H,25,28). The van der Waals surface area contributed by atoms with E-state index in [0.717, 1.165) is 16.8 Å². The van der Waals surface area contributed by atoms with Crippen LogP contribution in [-0.4, -0.2) is 40.1 Å². The zero-order valence-electron chi connectivity index (χ0n) is 16.9. The Morgan fingerprint density at radius 3 is 2.55 bits per heavy atom. The van der Waals surface area contributed by atoms with Crippen LogP contribution in [-0.2, 0) is 4.79 Å². The van der Waals surface area contributed by atoms with Crippen molar-refractivity contribution < 1.29 is 14.0 Å². The summed E-state index contributed by atoms with van der Waals surface area (Å²) in [5, 5.41) is 6.99. The molecule has 29 heavy (non-hydrogen) atoms. The molecule has 0 aliphatic rings. The molecule has 1 heterocycles. The van der Waals surface area contributed by atoms with Crippen molar-refractivity contribution in [3.8, 4) is 5.69 Å². The first-order valence-electron chi connectivity index (χ1n) is 9.20. The summed E-state index contributed by atoms with van der Waals surface area (Å²) >= 11 is 0. The quantitative estimate of drug-likeness (QED) is 0.718. The molecule has 0 aliphatic carbocycles. The molecule has 0 fully saturated rings. The Morgan fingerprint density at radius 2 is 1.83 bits per heavy atom. The average Bonchev–Trinajstić information content (AvgIpc) is 3.06. The third-order valence-corrected chi connectivity index (χ3v) is 4.93. The van der Waals surface area contributed by atoms with Gasteiger partial charge in [0.25, 0.3) is 5.91 Å². The zero-order chi connectivity index (χ0) is 21.1. The number of aryl methyl sites for hydroxylation is 1. The fraction of sp³-hybridized carbons (Fsp3) is 0.227. The Labute approximate surface area is 169 Å². The van der Waals surface area contributed by atoms with E-state index in [0.29, 0.717) is 11.3 Å². The second-order valence-corrected chi connectivity index (χ2v) is 6.96. The van der Waals surface area contributed by atoms with E-state index in [2.05, 4.69) is 10.4 Å². The summed E-state index contributed by atoms with van der Waals surface area (Å²) in [6, 6.07) is 11.9. The van der Waals surface area contributed by atoms with Crippen LogP contribution < -0.4 is 5.32 Å². The van der Waals surface area contributed by atoms with Gasteiger partial charge in [-0.25, -0.2) is 9.07 Å². The number of rotatable bonds is 5. The number of nitrogens with zero attached hydrogens (tertiary/aromatic N) is 3. The number of halogens is 1. The third-order valence-electron chi connectivity index (χ3n) is 4.93. The SMILES string of the molecule is Cc1cccc(NC(=O)CN(C)C(=O)c2cnn(-c3ccccc3F)c2C)c1C. The van der Waals surface area contributed by atoms with Gasteiger partial charge in [-0.3, -0.25) is 9.59 Å². The van der Waals surface area contributed by atoms with E-state index in [9.17, 15) is 14.0 Å². The largest absolute Gasteiger partial charge is 0.332 e. The molecule has 0 saturated heterocycles. The van der Waals surface area contributed by atoms with Gasteiger partial charge in [0.15, 0.2) is 0 Å². The molecule has 1 aromatic heterocycles. The Kier molecular flexibility index (Phi) is 5.77. The molecule has 7 heteroatoms. The molecule has 2 amide bonds. The number of benzene rings is 2. The van der Waals surface area contributed by atoms with Gasteiger partial charge in [-0.15, -0.1) is 0 Å². The fourth-order valence-electron chi connectivity index (χ4n) is 3.06. The normalized spacial score (nSPS) is 10.7. The first kappa shape index (κ1) is 20.3. The van der Waals surface area contributed by atoms with Gasteiger partial charge in [0.1, 0.15) is 11.5 Å². The Morgan fingerprint density at radius 1 is 1.10 bits per heavy atom. The van der Waals surface area contributed by atoms with Gasteiger partial charge in [-0.2, -0.15) is 5.10 Å². The van der Waals surface area contributed by atoms with Crippen molar-refractivity contribution in [3.05, 3.63) is 76.9 Å². The maximum atomic E-state index is 14.1. The van der Waals surface area contributed by atoms with Crippen LogP contribution in [0, 0.1) is 26.6 Å². The van der Waals surface area contributed by atoms with Crippen molar-refractivity contribution >= 4 is 17.5 Å². The number of amides is 2. The highest BCUT2D eigenvalue weighted by molar-refractivity contribution is 6.00. The lowest BCUT2D eigenvalue weighted by Crippen LogP contribution is -2.35. The van der Waals surface area contributed by atoms with Crippen LogP contribution >= 0.6 is 0 Å². The lowest BCUT2D eigenvalue weighted by atomic mass is 10.1. The van der Waals surface area contributed by atoms with Crippen LogP contribution in [0.3, 0.4) is 0 Å². The Balaban J connectivity index is 1.73. The molecule has 2 aromatic carbocycles. The molecule has 1 N–H and O–H groups in total. The van der Waals surface area contributed by atoms with Crippen molar-refractivity contribution in [1.82, 2.24) is 14.7 Å². The van der Waals surface area contributed by atoms with Crippen LogP contribution in [0.15, 0.2) is 48.7 Å². The number of likely N-dealkylation sites (N-methyl/N-ethyl adjacent to an activating group) is 1. The molecular formula is C22H23FN4O2. The number of hydrogen-bond donors (Lipinski definition) is 1. The van der Waals surface area contributed by atoms with Crippen LogP contribution in [0.5, 0.6) is 0 Å². The molecule has 0 bridgehead atoms. The minimum Gasteiger partial charge on any atom is -0.332 e. The van der Waals surface area contributed by atoms with Crippen LogP contribution in [0.1, 0.15) is 27.2 Å². The molecule has 0 saturated carbocycles. The van der Waals surface area contributed by atoms with E-state index in [4.69, 9.17) is 0 Å². The van der Waals surface area contributed by atoms with Crippen LogP contribution in [0.25, 0.3) is 5.69 Å². The smallest absolute Gasteiger partial charge is 0.257 e. The van der Waals surface area contributed by atoms with Crippen LogP contribution in [0.2, 0.25) is 0 Å². The van der Waals surface area contributed by atoms with Gasteiger partial charge in [-0.05, 0) is 50.1 Å². The lowest BCUT2D eigenvalue weighted by molar-refractivity contribution is -0.116. The minimum absolute atomic E-state index is 0.115. The maximum Gasteiger partial charge on any atom is 0.257 e. The summed E-state index contributed by atoms with van der Waals surface area (Å²) in [5.74, 6) is -1.09. The highest BCUT2D eigenvalue weighted by Gasteiger charge is 2.21. The predicted molar refractivity (Wildman–Crippen MR) is 110 cm³/mol. The number of para-hydroxylation sites is 1. The van der Waals surface area contributed by atoms with Crippen molar-refractivity contribution in [1.29, 1.82) is 0 Å². The third kappa shape index (κ3) is 4.18. The molecule has 0 unspecified atom stereocenters. The summed E-state index contributed by atoms with van der Waals surface area (Å²) in [7, 11) is 1.55. The molecule has 150 valence electrons. The Hall–Kier alpha value is -3.48. The molecule has 0 radical (unpaired) electrons. The number of carbonyl (C=O) groups is 2. The molecular weight excluding hydrogens is 371 g/mol. The molecule has 0 spiro atoms. The van der Waals surface area contributed by atoms with Gasteiger partial charge < -0.3 is 10.2 Å². The van der Waals surface area contributed by atoms with Gasteiger partial charge in [0.05, 0.1) is 24.0 Å². The molecule has 3 rings (SSSR count). The second kappa shape index (κ2) is 8.26. The monoisotopic (exact) mass is 394 g/mol. The zero-order valence-corrected chi connectivity index (χ0v) is 16.9. The van der Waals surface area contributed by atoms with Crippen molar-refractivity contribution in [2.24, 2.45) is 0 Å². The summed E-state index contributed by atoms with van der Waals surface area (Å²) in [6.07, 6.45) is 1.39. The summed E-state index contributed by atoms with van der Waals surface area (Å²) in [5.41, 5.74) is 3.86. The van der Waals surface area contributed by atoms with Crippen LogP contribution in [0.4, 0.5) is 10.1 Å². The predicted octanol–water partition coefficient (Wildman–Crippen LogP) is 3.65. The summed E-state index contributed by atoms with van der Waals surface area (Å²) in [6.45, 7) is 5.48. The highest BCUT2D eigenvalue weighted by Crippen LogP contribution is 2.19. The number of carbonyl (C=O) groups excluding carboxylic acids is 2. The highest BCUT2D eigenvalue weighted by atomic mass is 19.1. The number of nitrogens with one attached hydrogen (secondary N) is 1. The van der Waals surface area contributed by atoms with E-state index in [-0.39, 0.29) is 24.0 Å². The summed E-state index contributed by atoms with van der Waals surface area (Å²) in [4.78, 5) is 26.5. The van der Waals surface area contributed by atoms with Crippen molar-refractivity contribution in [2.45, 2.75) is 20.8 Å². The van der Waals surface area contributed by atoms with E-state index >= 15 is 0 Å². The second-order valence-electron chi connectivity index (χ2n) is 6.96. The maximum absolute atomic E-state index is 14.1. The molecule has 0 aliphatic heterocycles. The molecule has 0 atom stereocenters. The average molecular weight is 394 g/mol. The fourth-order valence-corrected chi connectivity index (χ4v) is 3.06. The van der Waals surface area contributed by atoms with E-state index in [1.165, 1.54) is 21.8 Å². The number of hydrogen-bond acceptors (Lipinski definition) is 3. The molecule has 6 nitrogen and oxygen atoms in total. The first-order chi connectivity index (χ1) is 13.8. The van der Waals surface area contributed by atoms with Gasteiger partial charge >= 0.3 is 0 Å². The number of anilines is 1. The number of aromatic nitrogens is 2. The van der Waals surface area contributed by atoms with Crippen molar-refractivity contribution in [2.75, 3.05) is 18.9 Å². The minimum atomic E-state index is -0.432. The van der Waals surface area contributed by atoms with E-state index < -0.39 is 5.82 Å². The molecule has 3 aromatic rings. The van der Waals surface area contributed by atoms with Gasteiger partial charge in [0.2, 0.25) is 5.91 Å². The Bertz CT molecular complexity index is 1070. The van der Waals surface area contributed by atoms with Gasteiger partial charge in [-0.1, -0.05) is 24.3 Å². The first-order valence-corrected chi connectivity index (χ1v) is 9.20. The lowest BCUT2D eigenvalue weighted by Gasteiger charge is -2.17. The summed E-state index contributed by atoms with van der Waals surface area (Å²) < 4.78 is 15.4. The van der Waals surface area contributed by atoms with Gasteiger partial charge in [0, 0.05) is 12.7 Å². The topological polar surface area (TPSA) is 67.2 Å². The van der Waals surface area contributed by atoms with E-state index in [1.54, 1.807) is 32.2 Å². The van der Waals surface area contributed by atoms with Crippen molar-refractivity contribution in [3.63, 3.8) is 0 Å². The van der Waals surface area contributed by atoms with E-state index in [1.807, 2.05) is 32.0 Å².